The first-order valence-corrected chi connectivity index (χ1v) is 8.13. The van der Waals surface area contributed by atoms with E-state index in [1.165, 1.54) is 58.5 Å². The summed E-state index contributed by atoms with van der Waals surface area (Å²) in [5.74, 6) is -0.871. The van der Waals surface area contributed by atoms with E-state index in [1.807, 2.05) is 0 Å². The molecule has 118 valence electrons. The summed E-state index contributed by atoms with van der Waals surface area (Å²) in [5, 5.41) is 8.80. The summed E-state index contributed by atoms with van der Waals surface area (Å²) in [6.07, 6.45) is 16.8. The molecular formula is C17H32O3. The highest BCUT2D eigenvalue weighted by molar-refractivity contribution is 5.72. The van der Waals surface area contributed by atoms with Crippen molar-refractivity contribution < 1.29 is 14.6 Å². The van der Waals surface area contributed by atoms with E-state index >= 15 is 0 Å². The van der Waals surface area contributed by atoms with E-state index < -0.39 is 12.1 Å². The zero-order chi connectivity index (χ0) is 15.1. The minimum atomic E-state index is -0.871. The smallest absolute Gasteiger partial charge is 0.332 e. The Morgan fingerprint density at radius 3 is 2.10 bits per heavy atom. The van der Waals surface area contributed by atoms with Crippen molar-refractivity contribution in [2.24, 2.45) is 0 Å². The average Bonchev–Trinajstić information content (AvgIpc) is 2.43. The molecule has 0 radical (unpaired) electrons. The van der Waals surface area contributed by atoms with E-state index in [0.29, 0.717) is 6.42 Å². The molecule has 20 heavy (non-hydrogen) atoms. The summed E-state index contributed by atoms with van der Waals surface area (Å²) in [7, 11) is 1.45. The first kappa shape index (κ1) is 19.2. The molecule has 3 nitrogen and oxygen atoms in total. The van der Waals surface area contributed by atoms with Crippen LogP contribution in [-0.4, -0.2) is 24.3 Å². The van der Waals surface area contributed by atoms with Crippen molar-refractivity contribution in [3.05, 3.63) is 12.2 Å². The van der Waals surface area contributed by atoms with Gasteiger partial charge in [0.05, 0.1) is 0 Å². The minimum Gasteiger partial charge on any atom is -0.479 e. The van der Waals surface area contributed by atoms with Crippen molar-refractivity contribution >= 4 is 5.97 Å². The number of carboxylic acids is 1. The molecule has 0 bridgehead atoms. The van der Waals surface area contributed by atoms with E-state index in [4.69, 9.17) is 9.84 Å². The molecule has 1 atom stereocenters. The zero-order valence-corrected chi connectivity index (χ0v) is 13.3. The lowest BCUT2D eigenvalue weighted by molar-refractivity contribution is -0.148. The van der Waals surface area contributed by atoms with Gasteiger partial charge < -0.3 is 9.84 Å². The van der Waals surface area contributed by atoms with Gasteiger partial charge in [-0.15, -0.1) is 0 Å². The number of unbranched alkanes of at least 4 members (excludes halogenated alkanes) is 8. The zero-order valence-electron chi connectivity index (χ0n) is 13.3. The van der Waals surface area contributed by atoms with Crippen molar-refractivity contribution in [1.82, 2.24) is 0 Å². The molecule has 0 saturated carbocycles. The van der Waals surface area contributed by atoms with Gasteiger partial charge in [0.25, 0.3) is 0 Å². The SMILES string of the molecule is CCCCCCCCCC/C=C/CCC(OC)C(=O)O. The molecule has 1 unspecified atom stereocenters. The largest absolute Gasteiger partial charge is 0.479 e. The number of aliphatic carboxylic acids is 1. The van der Waals surface area contributed by atoms with Crippen LogP contribution in [0.5, 0.6) is 0 Å². The van der Waals surface area contributed by atoms with Crippen molar-refractivity contribution in [2.45, 2.75) is 83.7 Å². The van der Waals surface area contributed by atoms with Gasteiger partial charge in [-0.05, 0) is 25.7 Å². The molecule has 0 fully saturated rings. The summed E-state index contributed by atoms with van der Waals surface area (Å²) >= 11 is 0. The molecule has 0 aliphatic rings. The molecule has 0 aromatic heterocycles. The second-order valence-electron chi connectivity index (χ2n) is 5.37. The second-order valence-corrected chi connectivity index (χ2v) is 5.37. The quantitative estimate of drug-likeness (QED) is 0.362. The van der Waals surface area contributed by atoms with E-state index in [2.05, 4.69) is 19.1 Å². The molecular weight excluding hydrogens is 252 g/mol. The minimum absolute atomic E-state index is 0.555. The average molecular weight is 284 g/mol. The van der Waals surface area contributed by atoms with Crippen molar-refractivity contribution in [3.63, 3.8) is 0 Å². The van der Waals surface area contributed by atoms with Crippen LogP contribution < -0.4 is 0 Å². The van der Waals surface area contributed by atoms with Gasteiger partial charge in [-0.2, -0.15) is 0 Å². The van der Waals surface area contributed by atoms with Crippen LogP contribution in [0.1, 0.15) is 77.6 Å². The molecule has 3 heteroatoms. The molecule has 0 amide bonds. The topological polar surface area (TPSA) is 46.5 Å². The third-order valence-corrected chi connectivity index (χ3v) is 3.55. The summed E-state index contributed by atoms with van der Waals surface area (Å²) in [5.41, 5.74) is 0. The highest BCUT2D eigenvalue weighted by Gasteiger charge is 2.14. The van der Waals surface area contributed by atoms with Crippen LogP contribution in [0, 0.1) is 0 Å². The first-order valence-electron chi connectivity index (χ1n) is 8.13. The monoisotopic (exact) mass is 284 g/mol. The van der Waals surface area contributed by atoms with E-state index in [-0.39, 0.29) is 0 Å². The van der Waals surface area contributed by atoms with E-state index in [1.54, 1.807) is 0 Å². The molecule has 0 aliphatic heterocycles. The Balaban J connectivity index is 3.29. The van der Waals surface area contributed by atoms with Crippen LogP contribution in [0.25, 0.3) is 0 Å². The third-order valence-electron chi connectivity index (χ3n) is 3.55. The Morgan fingerprint density at radius 2 is 1.55 bits per heavy atom. The summed E-state index contributed by atoms with van der Waals surface area (Å²) < 4.78 is 4.88. The van der Waals surface area contributed by atoms with Gasteiger partial charge in [0.15, 0.2) is 6.10 Å². The molecule has 0 aromatic carbocycles. The Bertz CT molecular complexity index is 249. The Kier molecular flexibility index (Phi) is 14.0. The van der Waals surface area contributed by atoms with Crippen LogP contribution in [0.15, 0.2) is 12.2 Å². The van der Waals surface area contributed by atoms with Crippen LogP contribution in [0.4, 0.5) is 0 Å². The van der Waals surface area contributed by atoms with Crippen LogP contribution in [0.3, 0.4) is 0 Å². The lowest BCUT2D eigenvalue weighted by Gasteiger charge is -2.07. The predicted molar refractivity (Wildman–Crippen MR) is 84.0 cm³/mol. The lowest BCUT2D eigenvalue weighted by Crippen LogP contribution is -2.21. The number of methoxy groups -OCH3 is 1. The van der Waals surface area contributed by atoms with Gasteiger partial charge in [0.1, 0.15) is 0 Å². The first-order chi connectivity index (χ1) is 9.72. The molecule has 0 spiro atoms. The molecule has 0 aliphatic carbocycles. The van der Waals surface area contributed by atoms with Crippen molar-refractivity contribution in [2.75, 3.05) is 7.11 Å². The van der Waals surface area contributed by atoms with Gasteiger partial charge in [-0.25, -0.2) is 4.79 Å². The van der Waals surface area contributed by atoms with E-state index in [9.17, 15) is 4.79 Å². The maximum atomic E-state index is 10.7. The van der Waals surface area contributed by atoms with E-state index in [0.717, 1.165) is 12.8 Å². The number of hydrogen-bond acceptors (Lipinski definition) is 2. The standard InChI is InChI=1S/C17H32O3/c1-3-4-5-6-7-8-9-10-11-12-13-14-15-16(20-2)17(18)19/h12-13,16H,3-11,14-15H2,1-2H3,(H,18,19)/b13-12+. The highest BCUT2D eigenvalue weighted by atomic mass is 16.5. The van der Waals surface area contributed by atoms with Crippen LogP contribution in [-0.2, 0) is 9.53 Å². The fourth-order valence-corrected chi connectivity index (χ4v) is 2.22. The number of carboxylic acid groups (broad SMARTS) is 1. The number of allylic oxidation sites excluding steroid dienone is 2. The molecule has 1 N–H and O–H groups in total. The summed E-state index contributed by atoms with van der Waals surface area (Å²) in [4.78, 5) is 10.7. The third kappa shape index (κ3) is 12.2. The molecule has 0 rings (SSSR count). The van der Waals surface area contributed by atoms with Gasteiger partial charge in [0.2, 0.25) is 0 Å². The lowest BCUT2D eigenvalue weighted by atomic mass is 10.1. The van der Waals surface area contributed by atoms with Gasteiger partial charge in [-0.3, -0.25) is 0 Å². The molecule has 0 saturated heterocycles. The predicted octanol–water partition coefficient (Wildman–Crippen LogP) is 4.95. The fraction of sp³-hybridized carbons (Fsp3) is 0.824. The number of ether oxygens (including phenoxy) is 1. The molecule has 0 aromatic rings. The summed E-state index contributed by atoms with van der Waals surface area (Å²) in [6.45, 7) is 2.25. The van der Waals surface area contributed by atoms with Crippen molar-refractivity contribution in [3.8, 4) is 0 Å². The van der Waals surface area contributed by atoms with Crippen LogP contribution in [0.2, 0.25) is 0 Å². The van der Waals surface area contributed by atoms with Gasteiger partial charge in [0, 0.05) is 7.11 Å². The number of hydrogen-bond donors (Lipinski definition) is 1. The second kappa shape index (κ2) is 14.6. The van der Waals surface area contributed by atoms with Crippen LogP contribution >= 0.6 is 0 Å². The Labute approximate surface area is 124 Å². The van der Waals surface area contributed by atoms with Crippen molar-refractivity contribution in [1.29, 1.82) is 0 Å². The molecule has 0 heterocycles. The van der Waals surface area contributed by atoms with Gasteiger partial charge >= 0.3 is 5.97 Å². The van der Waals surface area contributed by atoms with Gasteiger partial charge in [-0.1, -0.05) is 64.0 Å². The number of rotatable bonds is 14. The highest BCUT2D eigenvalue weighted by Crippen LogP contribution is 2.10. The maximum absolute atomic E-state index is 10.7. The Morgan fingerprint density at radius 1 is 1.00 bits per heavy atom. The maximum Gasteiger partial charge on any atom is 0.332 e. The number of carbonyl (C=O) groups is 1. The normalized spacial score (nSPS) is 12.9. The Hall–Kier alpha value is -0.830. The fourth-order valence-electron chi connectivity index (χ4n) is 2.22. The summed E-state index contributed by atoms with van der Waals surface area (Å²) in [6, 6.07) is 0.